The van der Waals surface area contributed by atoms with Crippen LogP contribution in [-0.4, -0.2) is 56.8 Å². The number of methoxy groups -OCH3 is 2. The first-order chi connectivity index (χ1) is 15.1. The summed E-state index contributed by atoms with van der Waals surface area (Å²) in [5.74, 6) is 2.01. The van der Waals surface area contributed by atoms with Crippen molar-refractivity contribution >= 4 is 11.0 Å². The van der Waals surface area contributed by atoms with Crippen molar-refractivity contribution in [1.29, 1.82) is 0 Å². The number of hydrogen-bond acceptors (Lipinski definition) is 7. The van der Waals surface area contributed by atoms with E-state index < -0.39 is 5.60 Å². The van der Waals surface area contributed by atoms with Gasteiger partial charge in [0.05, 0.1) is 37.4 Å². The summed E-state index contributed by atoms with van der Waals surface area (Å²) in [5.41, 5.74) is 1.87. The summed E-state index contributed by atoms with van der Waals surface area (Å²) < 4.78 is 12.9. The van der Waals surface area contributed by atoms with Crippen molar-refractivity contribution in [2.45, 2.75) is 38.5 Å². The molecule has 8 nitrogen and oxygen atoms in total. The minimum atomic E-state index is -0.998. The molecule has 3 atom stereocenters. The first-order valence-electron chi connectivity index (χ1n) is 10.9. The van der Waals surface area contributed by atoms with Gasteiger partial charge in [-0.3, -0.25) is 4.90 Å². The molecule has 1 aromatic carbocycles. The summed E-state index contributed by atoms with van der Waals surface area (Å²) in [4.78, 5) is 15.9. The maximum Gasteiger partial charge on any atom is 0.319 e. The Labute approximate surface area is 181 Å². The summed E-state index contributed by atoms with van der Waals surface area (Å²) in [5, 5.41) is 11.8. The molecule has 0 bridgehead atoms. The predicted octanol–water partition coefficient (Wildman–Crippen LogP) is 2.59. The predicted molar refractivity (Wildman–Crippen MR) is 116 cm³/mol. The Morgan fingerprint density at radius 1 is 1.16 bits per heavy atom. The zero-order valence-electron chi connectivity index (χ0n) is 18.3. The van der Waals surface area contributed by atoms with E-state index in [4.69, 9.17) is 14.5 Å². The highest BCUT2D eigenvalue weighted by atomic mass is 16.5. The number of likely N-dealkylation sites (tertiary alicyclic amines) is 1. The Kier molecular flexibility index (Phi) is 5.06. The van der Waals surface area contributed by atoms with E-state index in [-0.39, 0.29) is 11.9 Å². The Bertz CT molecular complexity index is 1100. The number of aryl methyl sites for hydroxylation is 1. The van der Waals surface area contributed by atoms with Crippen LogP contribution in [0.25, 0.3) is 11.0 Å². The lowest BCUT2D eigenvalue weighted by atomic mass is 9.83. The lowest BCUT2D eigenvalue weighted by Gasteiger charge is -2.31. The van der Waals surface area contributed by atoms with E-state index in [2.05, 4.69) is 44.6 Å². The van der Waals surface area contributed by atoms with Crippen molar-refractivity contribution in [2.75, 3.05) is 27.3 Å². The minimum Gasteiger partial charge on any atom is -0.481 e. The molecule has 0 spiro atoms. The second-order valence-corrected chi connectivity index (χ2v) is 8.56. The van der Waals surface area contributed by atoms with Crippen molar-refractivity contribution < 1.29 is 14.6 Å². The van der Waals surface area contributed by atoms with Crippen molar-refractivity contribution in [3.05, 3.63) is 41.9 Å². The highest BCUT2D eigenvalue weighted by Gasteiger charge is 2.54. The molecule has 1 N–H and O–H groups in total. The molecule has 1 saturated carbocycles. The van der Waals surface area contributed by atoms with Gasteiger partial charge in [0.2, 0.25) is 5.88 Å². The smallest absolute Gasteiger partial charge is 0.319 e. The quantitative estimate of drug-likeness (QED) is 0.652. The van der Waals surface area contributed by atoms with Crippen molar-refractivity contribution in [3.63, 3.8) is 0 Å². The van der Waals surface area contributed by atoms with Crippen LogP contribution in [-0.2, 0) is 18.7 Å². The number of imidazole rings is 1. The molecule has 3 aromatic rings. The fourth-order valence-electron chi connectivity index (χ4n) is 5.55. The second-order valence-electron chi connectivity index (χ2n) is 8.56. The van der Waals surface area contributed by atoms with E-state index in [0.29, 0.717) is 23.8 Å². The molecule has 31 heavy (non-hydrogen) atoms. The summed E-state index contributed by atoms with van der Waals surface area (Å²) >= 11 is 0. The molecule has 1 saturated heterocycles. The number of aliphatic hydroxyl groups is 1. The molecule has 1 aliphatic carbocycles. The van der Waals surface area contributed by atoms with Crippen LogP contribution in [0.15, 0.2) is 30.5 Å². The molecule has 1 aliphatic heterocycles. The van der Waals surface area contributed by atoms with Gasteiger partial charge >= 0.3 is 6.01 Å². The highest BCUT2D eigenvalue weighted by Crippen LogP contribution is 2.52. The Morgan fingerprint density at radius 3 is 2.77 bits per heavy atom. The highest BCUT2D eigenvalue weighted by molar-refractivity contribution is 5.75. The summed E-state index contributed by atoms with van der Waals surface area (Å²) in [6.45, 7) is 5.59. The van der Waals surface area contributed by atoms with Gasteiger partial charge < -0.3 is 19.1 Å². The molecular weight excluding hydrogens is 394 g/mol. The number of para-hydroxylation sites is 2. The van der Waals surface area contributed by atoms with Gasteiger partial charge in [0.1, 0.15) is 11.4 Å². The van der Waals surface area contributed by atoms with Crippen LogP contribution >= 0.6 is 0 Å². The number of benzene rings is 1. The van der Waals surface area contributed by atoms with Gasteiger partial charge in [-0.1, -0.05) is 12.1 Å². The number of hydrogen-bond donors (Lipinski definition) is 1. The van der Waals surface area contributed by atoms with Gasteiger partial charge in [-0.2, -0.15) is 4.98 Å². The average molecular weight is 424 g/mol. The third-order valence-electron chi connectivity index (χ3n) is 7.02. The molecule has 0 unspecified atom stereocenters. The number of nitrogens with zero attached hydrogens (tertiary/aromatic N) is 5. The molecule has 2 fully saturated rings. The van der Waals surface area contributed by atoms with Crippen LogP contribution < -0.4 is 9.47 Å². The third-order valence-corrected chi connectivity index (χ3v) is 7.02. The van der Waals surface area contributed by atoms with Crippen LogP contribution in [0.1, 0.15) is 31.2 Å². The minimum absolute atomic E-state index is 0.109. The maximum atomic E-state index is 11.8. The zero-order chi connectivity index (χ0) is 21.6. The van der Waals surface area contributed by atoms with E-state index in [1.165, 1.54) is 12.6 Å². The standard InChI is InChI=1S/C23H29N5O3/c1-4-28-19-8-6-5-7-18(19)25-20(28)14-27-12-15-9-10-23(29,17(15)13-27)16-11-24-22(31-3)26-21(16)30-2/h5-8,11,15,17,29H,4,9-10,12-14H2,1-3H3/t15-,17+,23+/m0/s1. The molecule has 2 aromatic heterocycles. The van der Waals surface area contributed by atoms with Gasteiger partial charge in [0.25, 0.3) is 0 Å². The second kappa shape index (κ2) is 7.76. The lowest BCUT2D eigenvalue weighted by molar-refractivity contribution is -0.00983. The molecule has 5 rings (SSSR count). The molecule has 0 radical (unpaired) electrons. The summed E-state index contributed by atoms with van der Waals surface area (Å²) in [6.07, 6.45) is 3.32. The van der Waals surface area contributed by atoms with Gasteiger partial charge in [-0.05, 0) is 37.8 Å². The van der Waals surface area contributed by atoms with Gasteiger partial charge in [-0.25, -0.2) is 9.97 Å². The number of ether oxygens (including phenoxy) is 2. The average Bonchev–Trinajstić information content (AvgIpc) is 3.46. The Morgan fingerprint density at radius 2 is 2.00 bits per heavy atom. The third kappa shape index (κ3) is 3.25. The van der Waals surface area contributed by atoms with Gasteiger partial charge in [-0.15, -0.1) is 0 Å². The number of aromatic nitrogens is 4. The molecular formula is C23H29N5O3. The molecule has 8 heteroatoms. The number of fused-ring (bicyclic) bond motifs is 2. The topological polar surface area (TPSA) is 85.5 Å². The van der Waals surface area contributed by atoms with Crippen molar-refractivity contribution in [2.24, 2.45) is 11.8 Å². The van der Waals surface area contributed by atoms with Gasteiger partial charge in [0, 0.05) is 31.7 Å². The van der Waals surface area contributed by atoms with E-state index in [0.717, 1.165) is 43.9 Å². The largest absolute Gasteiger partial charge is 0.481 e. The van der Waals surface area contributed by atoms with Crippen LogP contribution in [0.2, 0.25) is 0 Å². The zero-order valence-corrected chi connectivity index (χ0v) is 18.3. The van der Waals surface area contributed by atoms with E-state index >= 15 is 0 Å². The molecule has 2 aliphatic rings. The van der Waals surface area contributed by atoms with Crippen molar-refractivity contribution in [3.8, 4) is 11.9 Å². The first-order valence-corrected chi connectivity index (χ1v) is 10.9. The van der Waals surface area contributed by atoms with Crippen LogP contribution in [0.4, 0.5) is 0 Å². The van der Waals surface area contributed by atoms with E-state index in [9.17, 15) is 5.11 Å². The number of rotatable bonds is 6. The first kappa shape index (κ1) is 20.2. The molecule has 0 amide bonds. The van der Waals surface area contributed by atoms with Gasteiger partial charge in [0.15, 0.2) is 0 Å². The van der Waals surface area contributed by atoms with Crippen molar-refractivity contribution in [1.82, 2.24) is 24.4 Å². The van der Waals surface area contributed by atoms with E-state index in [1.54, 1.807) is 13.3 Å². The normalized spacial score (nSPS) is 25.8. The maximum absolute atomic E-state index is 11.8. The van der Waals surface area contributed by atoms with Crippen LogP contribution in [0.3, 0.4) is 0 Å². The fourth-order valence-corrected chi connectivity index (χ4v) is 5.55. The monoisotopic (exact) mass is 423 g/mol. The molecule has 3 heterocycles. The fraction of sp³-hybridized carbons (Fsp3) is 0.522. The molecule has 164 valence electrons. The Balaban J connectivity index is 1.40. The lowest BCUT2D eigenvalue weighted by Crippen LogP contribution is -2.35. The summed E-state index contributed by atoms with van der Waals surface area (Å²) in [6, 6.07) is 8.53. The van der Waals surface area contributed by atoms with Crippen LogP contribution in [0, 0.1) is 11.8 Å². The summed E-state index contributed by atoms with van der Waals surface area (Å²) in [7, 11) is 3.09. The van der Waals surface area contributed by atoms with E-state index in [1.807, 2.05) is 6.07 Å². The SMILES string of the molecule is CCn1c(CN2C[C@@H]3CC[C@@](O)(c4cnc(OC)nc4OC)[C@@H]3C2)nc2ccccc21. The van der Waals surface area contributed by atoms with Crippen LogP contribution in [0.5, 0.6) is 11.9 Å². The Hall–Kier alpha value is -2.71.